The highest BCUT2D eigenvalue weighted by Crippen LogP contribution is 2.23. The third-order valence-corrected chi connectivity index (χ3v) is 3.50. The first-order valence-electron chi connectivity index (χ1n) is 6.85. The maximum atomic E-state index is 13.4. The number of halogens is 1. The fourth-order valence-electron chi connectivity index (χ4n) is 2.39. The van der Waals surface area contributed by atoms with Gasteiger partial charge in [-0.05, 0) is 49.2 Å². The molecule has 2 rings (SSSR count). The average molecular weight is 287 g/mol. The van der Waals surface area contributed by atoms with Crippen LogP contribution in [-0.2, 0) is 6.54 Å². The van der Waals surface area contributed by atoms with Crippen LogP contribution in [0.2, 0.25) is 0 Å². The average Bonchev–Trinajstić information content (AvgIpc) is 2.45. The molecule has 3 nitrogen and oxygen atoms in total. The van der Waals surface area contributed by atoms with E-state index in [2.05, 4.69) is 0 Å². The predicted octanol–water partition coefficient (Wildman–Crippen LogP) is 3.86. The van der Waals surface area contributed by atoms with E-state index in [1.165, 1.54) is 18.2 Å². The van der Waals surface area contributed by atoms with Crippen LogP contribution in [0.4, 0.5) is 10.1 Å². The van der Waals surface area contributed by atoms with Crippen LogP contribution < -0.4 is 4.90 Å². The number of hydrogen-bond acceptors (Lipinski definition) is 2. The van der Waals surface area contributed by atoms with Gasteiger partial charge in [-0.1, -0.05) is 18.2 Å². The molecule has 0 aromatic heterocycles. The van der Waals surface area contributed by atoms with Crippen molar-refractivity contribution in [3.05, 3.63) is 65.0 Å². The first-order chi connectivity index (χ1) is 10.0. The number of nitrogens with zero attached hydrogens (tertiary/aromatic N) is 1. The maximum absolute atomic E-state index is 13.4. The Bertz CT molecular complexity index is 655. The minimum absolute atomic E-state index is 0.142. The van der Waals surface area contributed by atoms with Gasteiger partial charge in [0.15, 0.2) is 0 Å². The molecule has 110 valence electrons. The van der Waals surface area contributed by atoms with Crippen molar-refractivity contribution < 1.29 is 14.3 Å². The van der Waals surface area contributed by atoms with Crippen LogP contribution >= 0.6 is 0 Å². The summed E-state index contributed by atoms with van der Waals surface area (Å²) in [5, 5.41) is 9.23. The largest absolute Gasteiger partial charge is 0.478 e. The van der Waals surface area contributed by atoms with Crippen molar-refractivity contribution in [2.24, 2.45) is 0 Å². The molecule has 0 aliphatic heterocycles. The zero-order valence-electron chi connectivity index (χ0n) is 12.1. The number of rotatable bonds is 5. The van der Waals surface area contributed by atoms with Crippen LogP contribution in [0.3, 0.4) is 0 Å². The Morgan fingerprint density at radius 3 is 2.57 bits per heavy atom. The monoisotopic (exact) mass is 287 g/mol. The van der Waals surface area contributed by atoms with Gasteiger partial charge < -0.3 is 10.0 Å². The van der Waals surface area contributed by atoms with Crippen LogP contribution in [0.1, 0.15) is 28.4 Å². The maximum Gasteiger partial charge on any atom is 0.336 e. The second kappa shape index (κ2) is 6.39. The summed E-state index contributed by atoms with van der Waals surface area (Å²) >= 11 is 0. The molecule has 2 aromatic carbocycles. The molecule has 2 aromatic rings. The Morgan fingerprint density at radius 2 is 1.95 bits per heavy atom. The molecule has 0 unspecified atom stereocenters. The van der Waals surface area contributed by atoms with E-state index in [1.54, 1.807) is 0 Å². The molecule has 1 N–H and O–H groups in total. The molecule has 4 heteroatoms. The summed E-state index contributed by atoms with van der Waals surface area (Å²) in [6.07, 6.45) is 0. The SMILES string of the molecule is CCN(Cc1cc(F)ccc1C(=O)O)c1ccccc1C. The standard InChI is InChI=1S/C17H18FNO2/c1-3-19(16-7-5-4-6-12(16)2)11-13-10-14(18)8-9-15(13)17(20)21/h4-10H,3,11H2,1-2H3,(H,20,21). The van der Waals surface area contributed by atoms with Crippen molar-refractivity contribution in [3.63, 3.8) is 0 Å². The molecule has 0 saturated heterocycles. The van der Waals surface area contributed by atoms with E-state index in [1.807, 2.05) is 43.0 Å². The summed E-state index contributed by atoms with van der Waals surface area (Å²) in [7, 11) is 0. The lowest BCUT2D eigenvalue weighted by Gasteiger charge is -2.25. The molecule has 0 fully saturated rings. The molecule has 0 amide bonds. The molecule has 0 radical (unpaired) electrons. The number of hydrogen-bond donors (Lipinski definition) is 1. The van der Waals surface area contributed by atoms with E-state index in [0.29, 0.717) is 18.7 Å². The fourth-order valence-corrected chi connectivity index (χ4v) is 2.39. The number of carboxylic acids is 1. The summed E-state index contributed by atoms with van der Waals surface area (Å²) in [4.78, 5) is 13.3. The van der Waals surface area contributed by atoms with Gasteiger partial charge in [-0.15, -0.1) is 0 Å². The molecule has 0 bridgehead atoms. The first-order valence-corrected chi connectivity index (χ1v) is 6.85. The minimum atomic E-state index is -1.04. The normalized spacial score (nSPS) is 10.4. The van der Waals surface area contributed by atoms with E-state index in [-0.39, 0.29) is 5.56 Å². The highest BCUT2D eigenvalue weighted by Gasteiger charge is 2.15. The number of aromatic carboxylic acids is 1. The van der Waals surface area contributed by atoms with E-state index >= 15 is 0 Å². The van der Waals surface area contributed by atoms with E-state index in [0.717, 1.165) is 11.3 Å². The van der Waals surface area contributed by atoms with E-state index in [9.17, 15) is 14.3 Å². The van der Waals surface area contributed by atoms with Gasteiger partial charge >= 0.3 is 5.97 Å². The Kier molecular flexibility index (Phi) is 4.58. The summed E-state index contributed by atoms with van der Waals surface area (Å²) in [5.41, 5.74) is 2.75. The number of para-hydroxylation sites is 1. The smallest absolute Gasteiger partial charge is 0.336 e. The second-order valence-electron chi connectivity index (χ2n) is 4.91. The highest BCUT2D eigenvalue weighted by atomic mass is 19.1. The zero-order chi connectivity index (χ0) is 15.4. The lowest BCUT2D eigenvalue weighted by molar-refractivity contribution is 0.0695. The van der Waals surface area contributed by atoms with Crippen molar-refractivity contribution in [2.75, 3.05) is 11.4 Å². The summed E-state index contributed by atoms with van der Waals surface area (Å²) in [6.45, 7) is 5.06. The molecule has 0 saturated carbocycles. The van der Waals surface area contributed by atoms with Crippen molar-refractivity contribution in [3.8, 4) is 0 Å². The van der Waals surface area contributed by atoms with Gasteiger partial charge in [-0.2, -0.15) is 0 Å². The quantitative estimate of drug-likeness (QED) is 0.907. The molecular weight excluding hydrogens is 269 g/mol. The van der Waals surface area contributed by atoms with Gasteiger partial charge in [0, 0.05) is 18.8 Å². The molecule has 0 atom stereocenters. The number of carbonyl (C=O) groups is 1. The lowest BCUT2D eigenvalue weighted by Crippen LogP contribution is -2.24. The fraction of sp³-hybridized carbons (Fsp3) is 0.235. The van der Waals surface area contributed by atoms with Gasteiger partial charge in [-0.3, -0.25) is 0 Å². The van der Waals surface area contributed by atoms with Crippen LogP contribution in [0.15, 0.2) is 42.5 Å². The van der Waals surface area contributed by atoms with Crippen LogP contribution in [0.25, 0.3) is 0 Å². The minimum Gasteiger partial charge on any atom is -0.478 e. The van der Waals surface area contributed by atoms with Crippen molar-refractivity contribution in [1.82, 2.24) is 0 Å². The topological polar surface area (TPSA) is 40.5 Å². The molecular formula is C17H18FNO2. The highest BCUT2D eigenvalue weighted by molar-refractivity contribution is 5.89. The van der Waals surface area contributed by atoms with Crippen LogP contribution in [0, 0.1) is 12.7 Å². The van der Waals surface area contributed by atoms with E-state index in [4.69, 9.17) is 0 Å². The van der Waals surface area contributed by atoms with Gasteiger partial charge in [0.2, 0.25) is 0 Å². The van der Waals surface area contributed by atoms with Crippen molar-refractivity contribution in [1.29, 1.82) is 0 Å². The lowest BCUT2D eigenvalue weighted by atomic mass is 10.1. The molecule has 0 aliphatic carbocycles. The van der Waals surface area contributed by atoms with Gasteiger partial charge in [0.25, 0.3) is 0 Å². The number of carboxylic acid groups (broad SMARTS) is 1. The summed E-state index contributed by atoms with van der Waals surface area (Å²) in [5.74, 6) is -1.46. The van der Waals surface area contributed by atoms with Crippen LogP contribution in [-0.4, -0.2) is 17.6 Å². The summed E-state index contributed by atoms with van der Waals surface area (Å²) in [6, 6.07) is 11.7. The van der Waals surface area contributed by atoms with E-state index < -0.39 is 11.8 Å². The van der Waals surface area contributed by atoms with Gasteiger partial charge in [0.1, 0.15) is 5.82 Å². The summed E-state index contributed by atoms with van der Waals surface area (Å²) < 4.78 is 13.4. The zero-order valence-corrected chi connectivity index (χ0v) is 12.1. The van der Waals surface area contributed by atoms with Gasteiger partial charge in [0.05, 0.1) is 5.56 Å². The van der Waals surface area contributed by atoms with Gasteiger partial charge in [-0.25, -0.2) is 9.18 Å². The molecule has 21 heavy (non-hydrogen) atoms. The Labute approximate surface area is 123 Å². The molecule has 0 aliphatic rings. The molecule has 0 spiro atoms. The molecule has 0 heterocycles. The number of anilines is 1. The Morgan fingerprint density at radius 1 is 1.24 bits per heavy atom. The number of benzene rings is 2. The number of aryl methyl sites for hydroxylation is 1. The van der Waals surface area contributed by atoms with Crippen molar-refractivity contribution in [2.45, 2.75) is 20.4 Å². The predicted molar refractivity (Wildman–Crippen MR) is 81.3 cm³/mol. The second-order valence-corrected chi connectivity index (χ2v) is 4.91. The third-order valence-electron chi connectivity index (χ3n) is 3.50. The van der Waals surface area contributed by atoms with Crippen LogP contribution in [0.5, 0.6) is 0 Å². The van der Waals surface area contributed by atoms with Crippen molar-refractivity contribution >= 4 is 11.7 Å². The first kappa shape index (κ1) is 15.0. The Hall–Kier alpha value is -2.36. The Balaban J connectivity index is 2.37. The third kappa shape index (κ3) is 3.40.